The van der Waals surface area contributed by atoms with Gasteiger partial charge in [-0.3, -0.25) is 9.59 Å². The molecule has 1 fully saturated rings. The molecule has 9 heteroatoms. The topological polar surface area (TPSA) is 93.7 Å². The summed E-state index contributed by atoms with van der Waals surface area (Å²) in [6.07, 6.45) is 1.77. The van der Waals surface area contributed by atoms with Crippen LogP contribution in [-0.4, -0.2) is 53.7 Å². The van der Waals surface area contributed by atoms with Crippen molar-refractivity contribution >= 4 is 28.8 Å². The van der Waals surface area contributed by atoms with Crippen molar-refractivity contribution < 1.29 is 19.1 Å². The number of amides is 2. The fourth-order valence-corrected chi connectivity index (χ4v) is 4.38. The number of nitrogens with one attached hydrogen (secondary N) is 1. The summed E-state index contributed by atoms with van der Waals surface area (Å²) in [6.45, 7) is 1.20. The smallest absolute Gasteiger partial charge is 0.286 e. The lowest BCUT2D eigenvalue weighted by atomic mass is 9.99. The number of likely N-dealkylation sites (tertiary alicyclic amines) is 1. The van der Waals surface area contributed by atoms with Gasteiger partial charge in [0.2, 0.25) is 5.01 Å². The summed E-state index contributed by atoms with van der Waals surface area (Å²) in [5.41, 5.74) is 0.709. The minimum absolute atomic E-state index is 0.0279. The van der Waals surface area contributed by atoms with Gasteiger partial charge in [-0.25, -0.2) is 0 Å². The Hall–Kier alpha value is -3.46. The molecule has 1 aliphatic rings. The molecule has 0 radical (unpaired) electrons. The fourth-order valence-electron chi connectivity index (χ4n) is 3.51. The van der Waals surface area contributed by atoms with Gasteiger partial charge in [0, 0.05) is 24.7 Å². The minimum atomic E-state index is -0.281. The van der Waals surface area contributed by atoms with E-state index in [1.165, 1.54) is 11.3 Å². The van der Waals surface area contributed by atoms with E-state index in [9.17, 15) is 9.59 Å². The van der Waals surface area contributed by atoms with E-state index in [4.69, 9.17) is 9.47 Å². The lowest BCUT2D eigenvalue weighted by Crippen LogP contribution is -2.41. The van der Waals surface area contributed by atoms with Crippen molar-refractivity contribution in [1.29, 1.82) is 0 Å². The molecule has 1 aliphatic heterocycles. The standard InChI is InChI=1S/C23H24N4O4S/c1-30-18-9-11-19(12-10-18)31-15-20(28)27-13-5-6-16(14-27)22-25-26-23(32-22)21(29)24-17-7-3-2-4-8-17/h2-4,7-12,16H,5-6,13-15H2,1H3,(H,24,29)/t16-/m1/s1. The molecule has 8 nitrogen and oxygen atoms in total. The van der Waals surface area contributed by atoms with Gasteiger partial charge in [0.05, 0.1) is 7.11 Å². The van der Waals surface area contributed by atoms with Gasteiger partial charge in [-0.2, -0.15) is 0 Å². The first-order valence-corrected chi connectivity index (χ1v) is 11.2. The van der Waals surface area contributed by atoms with Crippen LogP contribution in [0.4, 0.5) is 5.69 Å². The van der Waals surface area contributed by atoms with E-state index < -0.39 is 0 Å². The molecular weight excluding hydrogens is 428 g/mol. The van der Waals surface area contributed by atoms with Crippen molar-refractivity contribution in [1.82, 2.24) is 15.1 Å². The van der Waals surface area contributed by atoms with E-state index in [1.807, 2.05) is 30.3 Å². The van der Waals surface area contributed by atoms with E-state index in [0.717, 1.165) is 23.6 Å². The lowest BCUT2D eigenvalue weighted by molar-refractivity contribution is -0.134. The zero-order chi connectivity index (χ0) is 22.3. The van der Waals surface area contributed by atoms with Gasteiger partial charge in [0.25, 0.3) is 11.8 Å². The third kappa shape index (κ3) is 5.42. The number of carbonyl (C=O) groups excluding carboxylic acids is 2. The number of hydrogen-bond donors (Lipinski definition) is 1. The molecule has 1 N–H and O–H groups in total. The first kappa shape index (κ1) is 21.8. The van der Waals surface area contributed by atoms with Gasteiger partial charge >= 0.3 is 0 Å². The van der Waals surface area contributed by atoms with Gasteiger partial charge in [0.15, 0.2) is 6.61 Å². The summed E-state index contributed by atoms with van der Waals surface area (Å²) in [6, 6.07) is 16.4. The molecule has 166 valence electrons. The van der Waals surface area contributed by atoms with Crippen LogP contribution >= 0.6 is 11.3 Å². The number of methoxy groups -OCH3 is 1. The Morgan fingerprint density at radius 2 is 1.84 bits per heavy atom. The predicted octanol–water partition coefficient (Wildman–Crippen LogP) is 3.58. The molecule has 2 heterocycles. The fraction of sp³-hybridized carbons (Fsp3) is 0.304. The van der Waals surface area contributed by atoms with Crippen molar-refractivity contribution in [2.45, 2.75) is 18.8 Å². The molecule has 1 atom stereocenters. The normalized spacial score (nSPS) is 15.8. The lowest BCUT2D eigenvalue weighted by Gasteiger charge is -2.31. The molecule has 0 saturated carbocycles. The maximum atomic E-state index is 12.7. The highest BCUT2D eigenvalue weighted by molar-refractivity contribution is 7.13. The quantitative estimate of drug-likeness (QED) is 0.589. The summed E-state index contributed by atoms with van der Waals surface area (Å²) in [5.74, 6) is 1.06. The SMILES string of the molecule is COc1ccc(OCC(=O)N2CCC[C@@H](c3nnc(C(=O)Nc4ccccc4)s3)C2)cc1. The van der Waals surface area contributed by atoms with Gasteiger partial charge < -0.3 is 19.7 Å². The van der Waals surface area contributed by atoms with Crippen LogP contribution in [0.3, 0.4) is 0 Å². The molecule has 0 aliphatic carbocycles. The van der Waals surface area contributed by atoms with Crippen LogP contribution in [0.2, 0.25) is 0 Å². The van der Waals surface area contributed by atoms with Crippen molar-refractivity contribution in [3.63, 3.8) is 0 Å². The van der Waals surface area contributed by atoms with Crippen LogP contribution in [0.25, 0.3) is 0 Å². The van der Waals surface area contributed by atoms with Crippen molar-refractivity contribution in [3.8, 4) is 11.5 Å². The summed E-state index contributed by atoms with van der Waals surface area (Å²) in [5, 5.41) is 12.2. The van der Waals surface area contributed by atoms with Crippen LogP contribution in [0, 0.1) is 0 Å². The number of para-hydroxylation sites is 1. The van der Waals surface area contributed by atoms with Crippen molar-refractivity contribution in [2.75, 3.05) is 32.1 Å². The van der Waals surface area contributed by atoms with Gasteiger partial charge in [0.1, 0.15) is 16.5 Å². The molecule has 32 heavy (non-hydrogen) atoms. The van der Waals surface area contributed by atoms with Crippen molar-refractivity contribution in [2.24, 2.45) is 0 Å². The second-order valence-electron chi connectivity index (χ2n) is 7.41. The molecule has 0 unspecified atom stereocenters. The maximum absolute atomic E-state index is 12.7. The molecule has 1 saturated heterocycles. The van der Waals surface area contributed by atoms with E-state index >= 15 is 0 Å². The van der Waals surface area contributed by atoms with Crippen LogP contribution in [0.15, 0.2) is 54.6 Å². The highest BCUT2D eigenvalue weighted by Gasteiger charge is 2.28. The average molecular weight is 453 g/mol. The number of piperidine rings is 1. The third-order valence-electron chi connectivity index (χ3n) is 5.21. The summed E-state index contributed by atoms with van der Waals surface area (Å²) in [4.78, 5) is 26.9. The van der Waals surface area contributed by atoms with E-state index in [2.05, 4.69) is 15.5 Å². The second-order valence-corrected chi connectivity index (χ2v) is 8.42. The van der Waals surface area contributed by atoms with Crippen LogP contribution in [-0.2, 0) is 4.79 Å². The molecule has 4 rings (SSSR count). The Kier molecular flexibility index (Phi) is 6.96. The summed E-state index contributed by atoms with van der Waals surface area (Å²) in [7, 11) is 1.60. The van der Waals surface area contributed by atoms with Crippen LogP contribution in [0.1, 0.15) is 33.6 Å². The Morgan fingerprint density at radius 1 is 1.09 bits per heavy atom. The molecule has 2 aromatic carbocycles. The largest absolute Gasteiger partial charge is 0.497 e. The van der Waals surface area contributed by atoms with E-state index in [-0.39, 0.29) is 24.3 Å². The number of hydrogen-bond acceptors (Lipinski definition) is 7. The Morgan fingerprint density at radius 3 is 2.59 bits per heavy atom. The highest BCUT2D eigenvalue weighted by Crippen LogP contribution is 2.29. The summed E-state index contributed by atoms with van der Waals surface area (Å²) < 4.78 is 10.8. The van der Waals surface area contributed by atoms with Gasteiger partial charge in [-0.05, 0) is 49.2 Å². The Balaban J connectivity index is 1.32. The van der Waals surface area contributed by atoms with Crippen molar-refractivity contribution in [3.05, 3.63) is 64.6 Å². The Bertz CT molecular complexity index is 1060. The number of benzene rings is 2. The molecular formula is C23H24N4O4S. The number of anilines is 1. The highest BCUT2D eigenvalue weighted by atomic mass is 32.1. The third-order valence-corrected chi connectivity index (χ3v) is 6.30. The van der Waals surface area contributed by atoms with Crippen LogP contribution < -0.4 is 14.8 Å². The van der Waals surface area contributed by atoms with E-state index in [0.29, 0.717) is 29.5 Å². The maximum Gasteiger partial charge on any atom is 0.286 e. The molecule has 0 bridgehead atoms. The van der Waals surface area contributed by atoms with E-state index in [1.54, 1.807) is 36.3 Å². The Labute approximate surface area is 190 Å². The number of nitrogens with zero attached hydrogens (tertiary/aromatic N) is 3. The molecule has 2 amide bonds. The second kappa shape index (κ2) is 10.2. The first-order valence-electron chi connectivity index (χ1n) is 10.4. The zero-order valence-electron chi connectivity index (χ0n) is 17.7. The zero-order valence-corrected chi connectivity index (χ0v) is 18.5. The van der Waals surface area contributed by atoms with Crippen LogP contribution in [0.5, 0.6) is 11.5 Å². The average Bonchev–Trinajstić information content (AvgIpc) is 3.34. The van der Waals surface area contributed by atoms with Gasteiger partial charge in [-0.15, -0.1) is 10.2 Å². The molecule has 3 aromatic rings. The predicted molar refractivity (Wildman–Crippen MR) is 121 cm³/mol. The molecule has 1 aromatic heterocycles. The number of aromatic nitrogens is 2. The summed E-state index contributed by atoms with van der Waals surface area (Å²) >= 11 is 1.28. The monoisotopic (exact) mass is 452 g/mol. The number of rotatable bonds is 7. The number of carbonyl (C=O) groups is 2. The first-order chi connectivity index (χ1) is 15.6. The number of ether oxygens (including phenoxy) is 2. The molecule has 0 spiro atoms. The minimum Gasteiger partial charge on any atom is -0.497 e. The van der Waals surface area contributed by atoms with Gasteiger partial charge in [-0.1, -0.05) is 29.5 Å².